The Balaban J connectivity index is 1.67. The van der Waals surface area contributed by atoms with Crippen LogP contribution in [0.15, 0.2) is 0 Å². The molecule has 0 aromatic carbocycles. The Morgan fingerprint density at radius 3 is 2.74 bits per heavy atom. The van der Waals surface area contributed by atoms with Gasteiger partial charge in [-0.3, -0.25) is 9.59 Å². The van der Waals surface area contributed by atoms with Crippen molar-refractivity contribution in [3.05, 3.63) is 0 Å². The van der Waals surface area contributed by atoms with Crippen molar-refractivity contribution in [3.8, 4) is 0 Å². The Kier molecular flexibility index (Phi) is 5.85. The number of urea groups is 1. The van der Waals surface area contributed by atoms with Crippen LogP contribution in [0.25, 0.3) is 0 Å². The quantitative estimate of drug-likeness (QED) is 0.745. The molecule has 7 heteroatoms. The van der Waals surface area contributed by atoms with Crippen LogP contribution in [-0.4, -0.2) is 65.5 Å². The molecule has 2 fully saturated rings. The highest BCUT2D eigenvalue weighted by molar-refractivity contribution is 5.79. The molecule has 0 bridgehead atoms. The zero-order valence-electron chi connectivity index (χ0n) is 13.8. The lowest BCUT2D eigenvalue weighted by atomic mass is 9.90. The van der Waals surface area contributed by atoms with Gasteiger partial charge in [0, 0.05) is 39.1 Å². The molecule has 2 N–H and O–H groups in total. The number of nitrogens with zero attached hydrogens (tertiary/aromatic N) is 2. The van der Waals surface area contributed by atoms with Gasteiger partial charge in [0.25, 0.3) is 0 Å². The molecule has 130 valence electrons. The van der Waals surface area contributed by atoms with Crippen molar-refractivity contribution in [1.29, 1.82) is 0 Å². The van der Waals surface area contributed by atoms with Gasteiger partial charge in [-0.1, -0.05) is 6.42 Å². The number of carbonyl (C=O) groups is 3. The molecule has 0 aromatic heterocycles. The number of carbonyl (C=O) groups excluding carboxylic acids is 2. The molecule has 7 nitrogen and oxygen atoms in total. The SMILES string of the molecule is CC1(C(=O)O)CCN(C(=O)NCCCN2CCCCCC2=O)C1. The number of hydrogen-bond acceptors (Lipinski definition) is 3. The normalized spacial score (nSPS) is 25.3. The first-order valence-electron chi connectivity index (χ1n) is 8.46. The van der Waals surface area contributed by atoms with Gasteiger partial charge in [0.1, 0.15) is 0 Å². The van der Waals surface area contributed by atoms with Crippen molar-refractivity contribution in [1.82, 2.24) is 15.1 Å². The summed E-state index contributed by atoms with van der Waals surface area (Å²) in [5, 5.41) is 12.0. The molecule has 0 aliphatic carbocycles. The average Bonchev–Trinajstić information content (AvgIpc) is 2.81. The number of amides is 3. The molecule has 2 rings (SSSR count). The molecule has 0 aromatic rings. The fraction of sp³-hybridized carbons (Fsp3) is 0.812. The number of aliphatic carboxylic acids is 1. The van der Waals surface area contributed by atoms with Crippen LogP contribution in [0.5, 0.6) is 0 Å². The maximum Gasteiger partial charge on any atom is 0.317 e. The Bertz CT molecular complexity index is 468. The molecular formula is C16H27N3O4. The lowest BCUT2D eigenvalue weighted by molar-refractivity contribution is -0.147. The third kappa shape index (κ3) is 4.59. The van der Waals surface area contributed by atoms with Gasteiger partial charge >= 0.3 is 12.0 Å². The van der Waals surface area contributed by atoms with Crippen LogP contribution in [0.1, 0.15) is 45.4 Å². The summed E-state index contributed by atoms with van der Waals surface area (Å²) in [7, 11) is 0. The van der Waals surface area contributed by atoms with Crippen LogP contribution in [0.3, 0.4) is 0 Å². The Morgan fingerprint density at radius 1 is 1.26 bits per heavy atom. The summed E-state index contributed by atoms with van der Waals surface area (Å²) in [6.07, 6.45) is 4.98. The van der Waals surface area contributed by atoms with E-state index in [0.717, 1.165) is 32.2 Å². The maximum atomic E-state index is 12.1. The average molecular weight is 325 g/mol. The van der Waals surface area contributed by atoms with E-state index in [1.807, 2.05) is 4.90 Å². The van der Waals surface area contributed by atoms with E-state index in [-0.39, 0.29) is 18.5 Å². The second-order valence-corrected chi connectivity index (χ2v) is 6.81. The highest BCUT2D eigenvalue weighted by Crippen LogP contribution is 2.29. The number of likely N-dealkylation sites (tertiary alicyclic amines) is 2. The third-order valence-electron chi connectivity index (χ3n) is 4.83. The Hall–Kier alpha value is -1.79. The second kappa shape index (κ2) is 7.66. The zero-order valence-corrected chi connectivity index (χ0v) is 13.8. The first-order valence-corrected chi connectivity index (χ1v) is 8.46. The van der Waals surface area contributed by atoms with Gasteiger partial charge in [0.2, 0.25) is 5.91 Å². The van der Waals surface area contributed by atoms with Crippen molar-refractivity contribution in [3.63, 3.8) is 0 Å². The van der Waals surface area contributed by atoms with Gasteiger partial charge in [0.15, 0.2) is 0 Å². The molecule has 2 aliphatic heterocycles. The van der Waals surface area contributed by atoms with Gasteiger partial charge in [-0.15, -0.1) is 0 Å². The topological polar surface area (TPSA) is 89.9 Å². The third-order valence-corrected chi connectivity index (χ3v) is 4.83. The van der Waals surface area contributed by atoms with E-state index < -0.39 is 11.4 Å². The van der Waals surface area contributed by atoms with Crippen molar-refractivity contribution in [2.75, 3.05) is 32.7 Å². The number of carboxylic acids is 1. The summed E-state index contributed by atoms with van der Waals surface area (Å²) in [5.41, 5.74) is -0.837. The number of rotatable bonds is 5. The summed E-state index contributed by atoms with van der Waals surface area (Å²) in [6, 6.07) is -0.211. The molecule has 0 spiro atoms. The van der Waals surface area contributed by atoms with Crippen molar-refractivity contribution in [2.45, 2.75) is 45.4 Å². The van der Waals surface area contributed by atoms with Gasteiger partial charge in [-0.25, -0.2) is 4.79 Å². The number of nitrogens with one attached hydrogen (secondary N) is 1. The van der Waals surface area contributed by atoms with Crippen LogP contribution in [0, 0.1) is 5.41 Å². The maximum absolute atomic E-state index is 12.1. The monoisotopic (exact) mass is 325 g/mol. The zero-order chi connectivity index (χ0) is 16.9. The fourth-order valence-electron chi connectivity index (χ4n) is 3.16. The van der Waals surface area contributed by atoms with Gasteiger partial charge < -0.3 is 20.2 Å². The molecule has 0 saturated carbocycles. The molecular weight excluding hydrogens is 298 g/mol. The molecule has 0 radical (unpaired) electrons. The van der Waals surface area contributed by atoms with Crippen LogP contribution in [0.2, 0.25) is 0 Å². The lowest BCUT2D eigenvalue weighted by Crippen LogP contribution is -2.42. The molecule has 2 saturated heterocycles. The predicted molar refractivity (Wildman–Crippen MR) is 85.0 cm³/mol. The van der Waals surface area contributed by atoms with E-state index >= 15 is 0 Å². The second-order valence-electron chi connectivity index (χ2n) is 6.81. The minimum atomic E-state index is -0.854. The molecule has 2 heterocycles. The van der Waals surface area contributed by atoms with Gasteiger partial charge in [-0.05, 0) is 32.6 Å². The minimum Gasteiger partial charge on any atom is -0.481 e. The summed E-state index contributed by atoms with van der Waals surface area (Å²) in [4.78, 5) is 38.6. The summed E-state index contributed by atoms with van der Waals surface area (Å²) >= 11 is 0. The van der Waals surface area contributed by atoms with Crippen molar-refractivity contribution in [2.24, 2.45) is 5.41 Å². The Labute approximate surface area is 137 Å². The van der Waals surface area contributed by atoms with Crippen LogP contribution < -0.4 is 5.32 Å². The van der Waals surface area contributed by atoms with Crippen LogP contribution in [-0.2, 0) is 9.59 Å². The van der Waals surface area contributed by atoms with Crippen LogP contribution >= 0.6 is 0 Å². The largest absolute Gasteiger partial charge is 0.481 e. The van der Waals surface area contributed by atoms with E-state index in [2.05, 4.69) is 5.32 Å². The Morgan fingerprint density at radius 2 is 2.04 bits per heavy atom. The molecule has 23 heavy (non-hydrogen) atoms. The van der Waals surface area contributed by atoms with E-state index in [4.69, 9.17) is 0 Å². The van der Waals surface area contributed by atoms with E-state index in [9.17, 15) is 19.5 Å². The lowest BCUT2D eigenvalue weighted by Gasteiger charge is -2.22. The van der Waals surface area contributed by atoms with Crippen LogP contribution in [0.4, 0.5) is 4.79 Å². The summed E-state index contributed by atoms with van der Waals surface area (Å²) < 4.78 is 0. The van der Waals surface area contributed by atoms with E-state index in [1.165, 1.54) is 0 Å². The predicted octanol–water partition coefficient (Wildman–Crippen LogP) is 1.29. The standard InChI is InChI=1S/C16H27N3O4/c1-16(14(21)22)7-11-19(12-16)15(23)17-8-5-10-18-9-4-2-3-6-13(18)20/h2-12H2,1H3,(H,17,23)(H,21,22). The summed E-state index contributed by atoms with van der Waals surface area (Å²) in [6.45, 7) is 4.39. The smallest absolute Gasteiger partial charge is 0.317 e. The first kappa shape index (κ1) is 17.6. The van der Waals surface area contributed by atoms with Crippen molar-refractivity contribution < 1.29 is 19.5 Å². The van der Waals surface area contributed by atoms with Gasteiger partial charge in [0.05, 0.1) is 5.41 Å². The molecule has 1 unspecified atom stereocenters. The molecule has 1 atom stereocenters. The highest BCUT2D eigenvalue weighted by Gasteiger charge is 2.42. The first-order chi connectivity index (χ1) is 10.9. The molecule has 2 aliphatic rings. The number of hydrogen-bond donors (Lipinski definition) is 2. The van der Waals surface area contributed by atoms with Crippen molar-refractivity contribution >= 4 is 17.9 Å². The van der Waals surface area contributed by atoms with E-state index in [0.29, 0.717) is 32.5 Å². The fourth-order valence-corrected chi connectivity index (χ4v) is 3.16. The summed E-state index contributed by atoms with van der Waals surface area (Å²) in [5.74, 6) is -0.641. The minimum absolute atomic E-state index is 0.211. The highest BCUT2D eigenvalue weighted by atomic mass is 16.4. The number of carboxylic acid groups (broad SMARTS) is 1. The molecule has 3 amide bonds. The van der Waals surface area contributed by atoms with E-state index in [1.54, 1.807) is 11.8 Å². The van der Waals surface area contributed by atoms with Gasteiger partial charge in [-0.2, -0.15) is 0 Å².